The van der Waals surface area contributed by atoms with Crippen LogP contribution in [0.1, 0.15) is 30.6 Å². The number of alkyl halides is 1. The first-order chi connectivity index (χ1) is 8.93. The largest absolute Gasteiger partial charge is 0.351 e. The third-order valence-electron chi connectivity index (χ3n) is 2.63. The SMILES string of the molecule is CSc1ccc(Cl)c(C(=O)NCC(Cl)CC(C)C)c1. The second-order valence-corrected chi connectivity index (χ2v) is 6.69. The molecular weight excluding hydrogens is 301 g/mol. The molecule has 0 saturated carbocycles. The molecule has 2 nitrogen and oxygen atoms in total. The number of benzene rings is 1. The molecule has 5 heteroatoms. The molecule has 19 heavy (non-hydrogen) atoms. The van der Waals surface area contributed by atoms with Gasteiger partial charge >= 0.3 is 0 Å². The summed E-state index contributed by atoms with van der Waals surface area (Å²) < 4.78 is 0. The van der Waals surface area contributed by atoms with E-state index < -0.39 is 0 Å². The minimum Gasteiger partial charge on any atom is -0.351 e. The van der Waals surface area contributed by atoms with E-state index in [0.717, 1.165) is 11.3 Å². The standard InChI is InChI=1S/C14H19Cl2NOS/c1-9(2)6-10(15)8-17-14(18)12-7-11(19-3)4-5-13(12)16/h4-5,7,9-10H,6,8H2,1-3H3,(H,17,18). The van der Waals surface area contributed by atoms with Crippen molar-refractivity contribution in [3.63, 3.8) is 0 Å². The van der Waals surface area contributed by atoms with Gasteiger partial charge in [-0.3, -0.25) is 4.79 Å². The highest BCUT2D eigenvalue weighted by molar-refractivity contribution is 7.98. The molecule has 0 bridgehead atoms. The van der Waals surface area contributed by atoms with Crippen molar-refractivity contribution in [2.24, 2.45) is 5.92 Å². The molecular formula is C14H19Cl2NOS. The first-order valence-corrected chi connectivity index (χ1v) is 8.23. The molecule has 0 aliphatic rings. The molecule has 0 saturated heterocycles. The molecule has 1 N–H and O–H groups in total. The summed E-state index contributed by atoms with van der Waals surface area (Å²) >= 11 is 13.8. The number of nitrogens with one attached hydrogen (secondary N) is 1. The predicted octanol–water partition coefficient (Wildman–Crippen LogP) is 4.45. The Balaban J connectivity index is 2.63. The highest BCUT2D eigenvalue weighted by Crippen LogP contribution is 2.23. The molecule has 1 aromatic rings. The molecule has 0 aromatic heterocycles. The van der Waals surface area contributed by atoms with E-state index in [9.17, 15) is 4.79 Å². The normalized spacial score (nSPS) is 12.5. The molecule has 1 atom stereocenters. The van der Waals surface area contributed by atoms with Crippen molar-refractivity contribution in [2.75, 3.05) is 12.8 Å². The van der Waals surface area contributed by atoms with Crippen molar-refractivity contribution < 1.29 is 4.79 Å². The van der Waals surface area contributed by atoms with Gasteiger partial charge in [-0.15, -0.1) is 23.4 Å². The number of halogens is 2. The number of hydrogen-bond acceptors (Lipinski definition) is 2. The Bertz CT molecular complexity index is 437. The van der Waals surface area contributed by atoms with E-state index in [1.54, 1.807) is 23.9 Å². The van der Waals surface area contributed by atoms with Gasteiger partial charge in [-0.25, -0.2) is 0 Å². The molecule has 0 fully saturated rings. The van der Waals surface area contributed by atoms with Gasteiger partial charge in [0.2, 0.25) is 0 Å². The van der Waals surface area contributed by atoms with Crippen LogP contribution in [0.3, 0.4) is 0 Å². The summed E-state index contributed by atoms with van der Waals surface area (Å²) in [4.78, 5) is 13.1. The monoisotopic (exact) mass is 319 g/mol. The van der Waals surface area contributed by atoms with E-state index in [-0.39, 0.29) is 11.3 Å². The fourth-order valence-electron chi connectivity index (χ4n) is 1.70. The summed E-state index contributed by atoms with van der Waals surface area (Å²) in [5, 5.41) is 3.25. The maximum Gasteiger partial charge on any atom is 0.252 e. The summed E-state index contributed by atoms with van der Waals surface area (Å²) in [6, 6.07) is 5.44. The molecule has 1 aromatic carbocycles. The lowest BCUT2D eigenvalue weighted by Gasteiger charge is -2.13. The Morgan fingerprint density at radius 1 is 1.42 bits per heavy atom. The average Bonchev–Trinajstić information content (AvgIpc) is 2.35. The van der Waals surface area contributed by atoms with Gasteiger partial charge < -0.3 is 5.32 Å². The van der Waals surface area contributed by atoms with E-state index in [1.165, 1.54) is 0 Å². The van der Waals surface area contributed by atoms with Crippen LogP contribution in [0.4, 0.5) is 0 Å². The minimum atomic E-state index is -0.171. The molecule has 0 radical (unpaired) electrons. The molecule has 0 heterocycles. The molecule has 1 unspecified atom stereocenters. The summed E-state index contributed by atoms with van der Waals surface area (Å²) in [5.74, 6) is 0.345. The van der Waals surface area contributed by atoms with Crippen molar-refractivity contribution in [1.29, 1.82) is 0 Å². The summed E-state index contributed by atoms with van der Waals surface area (Å²) in [5.41, 5.74) is 0.502. The number of rotatable bonds is 6. The van der Waals surface area contributed by atoms with Gasteiger partial charge in [0, 0.05) is 11.4 Å². The Morgan fingerprint density at radius 2 is 2.11 bits per heavy atom. The Hall–Kier alpha value is -0.380. The fraction of sp³-hybridized carbons (Fsp3) is 0.500. The number of carbonyl (C=O) groups excluding carboxylic acids is 1. The van der Waals surface area contributed by atoms with Crippen molar-refractivity contribution in [2.45, 2.75) is 30.5 Å². The average molecular weight is 320 g/mol. The van der Waals surface area contributed by atoms with Crippen LogP contribution in [0.15, 0.2) is 23.1 Å². The van der Waals surface area contributed by atoms with Crippen LogP contribution in [0, 0.1) is 5.92 Å². The van der Waals surface area contributed by atoms with Gasteiger partial charge in [0.05, 0.1) is 16.0 Å². The summed E-state index contributed by atoms with van der Waals surface area (Å²) in [6.07, 6.45) is 2.84. The van der Waals surface area contributed by atoms with Crippen LogP contribution in [-0.4, -0.2) is 24.1 Å². The first-order valence-electron chi connectivity index (χ1n) is 6.19. The molecule has 0 spiro atoms. The predicted molar refractivity (Wildman–Crippen MR) is 84.7 cm³/mol. The van der Waals surface area contributed by atoms with E-state index in [2.05, 4.69) is 19.2 Å². The van der Waals surface area contributed by atoms with Crippen LogP contribution in [-0.2, 0) is 0 Å². The van der Waals surface area contributed by atoms with Crippen molar-refractivity contribution >= 4 is 40.9 Å². The van der Waals surface area contributed by atoms with Gasteiger partial charge in [0.25, 0.3) is 5.91 Å². The lowest BCUT2D eigenvalue weighted by Crippen LogP contribution is -2.30. The number of carbonyl (C=O) groups is 1. The van der Waals surface area contributed by atoms with Gasteiger partial charge in [0.1, 0.15) is 0 Å². The zero-order valence-corrected chi connectivity index (χ0v) is 13.7. The number of hydrogen-bond donors (Lipinski definition) is 1. The van der Waals surface area contributed by atoms with Gasteiger partial charge in [-0.2, -0.15) is 0 Å². The summed E-state index contributed by atoms with van der Waals surface area (Å²) in [6.45, 7) is 4.67. The third-order valence-corrected chi connectivity index (χ3v) is 4.02. The maximum absolute atomic E-state index is 12.1. The van der Waals surface area contributed by atoms with Crippen LogP contribution in [0.2, 0.25) is 5.02 Å². The van der Waals surface area contributed by atoms with Crippen LogP contribution < -0.4 is 5.32 Å². The third kappa shape index (κ3) is 5.64. The van der Waals surface area contributed by atoms with Crippen LogP contribution >= 0.6 is 35.0 Å². The molecule has 1 rings (SSSR count). The minimum absolute atomic E-state index is 0.0496. The van der Waals surface area contributed by atoms with E-state index in [4.69, 9.17) is 23.2 Å². The highest BCUT2D eigenvalue weighted by atomic mass is 35.5. The Morgan fingerprint density at radius 3 is 2.68 bits per heavy atom. The van der Waals surface area contributed by atoms with Crippen LogP contribution in [0.5, 0.6) is 0 Å². The van der Waals surface area contributed by atoms with E-state index >= 15 is 0 Å². The molecule has 1 amide bonds. The Labute approximate surface area is 129 Å². The molecule has 0 aliphatic carbocycles. The first kappa shape index (κ1) is 16.7. The zero-order valence-electron chi connectivity index (χ0n) is 11.4. The van der Waals surface area contributed by atoms with Gasteiger partial charge in [-0.05, 0) is 36.8 Å². The van der Waals surface area contributed by atoms with Gasteiger partial charge in [0.15, 0.2) is 0 Å². The highest BCUT2D eigenvalue weighted by Gasteiger charge is 2.13. The maximum atomic E-state index is 12.1. The second kappa shape index (κ2) is 8.03. The lowest BCUT2D eigenvalue weighted by molar-refractivity contribution is 0.0953. The topological polar surface area (TPSA) is 29.1 Å². The molecule has 106 valence electrons. The summed E-state index contributed by atoms with van der Waals surface area (Å²) in [7, 11) is 0. The van der Waals surface area contributed by atoms with Crippen molar-refractivity contribution in [3.05, 3.63) is 28.8 Å². The quantitative estimate of drug-likeness (QED) is 0.620. The van der Waals surface area contributed by atoms with E-state index in [0.29, 0.717) is 23.0 Å². The van der Waals surface area contributed by atoms with Crippen molar-refractivity contribution in [1.82, 2.24) is 5.32 Å². The zero-order chi connectivity index (χ0) is 14.4. The van der Waals surface area contributed by atoms with Gasteiger partial charge in [-0.1, -0.05) is 25.4 Å². The fourth-order valence-corrected chi connectivity index (χ4v) is 2.78. The van der Waals surface area contributed by atoms with Crippen molar-refractivity contribution in [3.8, 4) is 0 Å². The second-order valence-electron chi connectivity index (χ2n) is 4.78. The Kier molecular flexibility index (Phi) is 7.05. The molecule has 0 aliphatic heterocycles. The van der Waals surface area contributed by atoms with Crippen LogP contribution in [0.25, 0.3) is 0 Å². The number of thioether (sulfide) groups is 1. The smallest absolute Gasteiger partial charge is 0.252 e. The number of amides is 1. The van der Waals surface area contributed by atoms with E-state index in [1.807, 2.05) is 12.3 Å². The lowest BCUT2D eigenvalue weighted by atomic mass is 10.1.